The minimum Gasteiger partial charge on any atom is -0.342 e. The molecule has 0 saturated carbocycles. The van der Waals surface area contributed by atoms with E-state index in [0.29, 0.717) is 0 Å². The predicted octanol–water partition coefficient (Wildman–Crippen LogP) is 2.39. The van der Waals surface area contributed by atoms with E-state index in [0.717, 1.165) is 25.2 Å². The van der Waals surface area contributed by atoms with Gasteiger partial charge in [-0.3, -0.25) is 4.79 Å². The first-order valence-corrected chi connectivity index (χ1v) is 6.18. The molecule has 3 nitrogen and oxygen atoms in total. The molecule has 0 heterocycles. The predicted molar refractivity (Wildman–Crippen MR) is 73.3 cm³/mol. The maximum absolute atomic E-state index is 11.5. The first kappa shape index (κ1) is 15.7. The maximum atomic E-state index is 11.5. The summed E-state index contributed by atoms with van der Waals surface area (Å²) < 4.78 is 0. The number of benzene rings is 1. The molecular formula is C14H24N2O. The first-order chi connectivity index (χ1) is 8.17. The average molecular weight is 236 g/mol. The Bertz CT molecular complexity index is 296. The van der Waals surface area contributed by atoms with Crippen molar-refractivity contribution in [1.29, 1.82) is 0 Å². The smallest absolute Gasteiger partial charge is 0.253 e. The Morgan fingerprint density at radius 1 is 1.12 bits per heavy atom. The monoisotopic (exact) mass is 236 g/mol. The van der Waals surface area contributed by atoms with Crippen molar-refractivity contribution in [2.24, 2.45) is 0 Å². The Morgan fingerprint density at radius 2 is 1.65 bits per heavy atom. The molecule has 1 N–H and O–H groups in total. The van der Waals surface area contributed by atoms with Crippen LogP contribution in [0.25, 0.3) is 0 Å². The van der Waals surface area contributed by atoms with Gasteiger partial charge in [0.1, 0.15) is 0 Å². The summed E-state index contributed by atoms with van der Waals surface area (Å²) in [6, 6.07) is 9.30. The van der Waals surface area contributed by atoms with Crippen molar-refractivity contribution in [1.82, 2.24) is 10.2 Å². The highest BCUT2D eigenvalue weighted by Gasteiger charge is 2.07. The Kier molecular flexibility index (Phi) is 9.06. The summed E-state index contributed by atoms with van der Waals surface area (Å²) in [5.41, 5.74) is 0.752. The van der Waals surface area contributed by atoms with Crippen molar-refractivity contribution in [2.75, 3.05) is 26.7 Å². The molecule has 1 aromatic carbocycles. The third-order valence-electron chi connectivity index (χ3n) is 2.34. The molecule has 1 amide bonds. The molecule has 0 unspecified atom stereocenters. The number of nitrogens with one attached hydrogen (secondary N) is 1. The molecule has 1 rings (SSSR count). The quantitative estimate of drug-likeness (QED) is 0.870. The van der Waals surface area contributed by atoms with E-state index in [4.69, 9.17) is 0 Å². The Morgan fingerprint density at radius 3 is 2.00 bits per heavy atom. The molecule has 17 heavy (non-hydrogen) atoms. The molecule has 96 valence electrons. The SMILES string of the molecule is CCN(C)C(=O)c1ccccc1.CCNCC. The maximum Gasteiger partial charge on any atom is 0.253 e. The standard InChI is InChI=1S/C10H13NO.C4H11N/c1-3-11(2)10(12)9-7-5-4-6-8-9;1-3-5-4-2/h4-8H,3H2,1-2H3;5H,3-4H2,1-2H3. The van der Waals surface area contributed by atoms with Crippen LogP contribution < -0.4 is 5.32 Å². The molecule has 0 fully saturated rings. The van der Waals surface area contributed by atoms with E-state index >= 15 is 0 Å². The van der Waals surface area contributed by atoms with Crippen molar-refractivity contribution in [3.8, 4) is 0 Å². The summed E-state index contributed by atoms with van der Waals surface area (Å²) in [5, 5.41) is 3.11. The summed E-state index contributed by atoms with van der Waals surface area (Å²) >= 11 is 0. The molecular weight excluding hydrogens is 212 g/mol. The van der Waals surface area contributed by atoms with E-state index in [1.807, 2.05) is 37.3 Å². The van der Waals surface area contributed by atoms with E-state index in [2.05, 4.69) is 19.2 Å². The van der Waals surface area contributed by atoms with Crippen LogP contribution in [0.3, 0.4) is 0 Å². The second-order valence-electron chi connectivity index (χ2n) is 3.64. The number of hydrogen-bond donors (Lipinski definition) is 1. The molecule has 3 heteroatoms. The second kappa shape index (κ2) is 9.85. The van der Waals surface area contributed by atoms with Gasteiger partial charge < -0.3 is 10.2 Å². The fourth-order valence-corrected chi connectivity index (χ4v) is 1.19. The van der Waals surface area contributed by atoms with Gasteiger partial charge in [-0.25, -0.2) is 0 Å². The molecule has 0 aliphatic heterocycles. The zero-order valence-corrected chi connectivity index (χ0v) is 11.4. The Balaban J connectivity index is 0.000000437. The van der Waals surface area contributed by atoms with Crippen LogP contribution in [0.2, 0.25) is 0 Å². The molecule has 0 aliphatic rings. The van der Waals surface area contributed by atoms with Crippen LogP contribution in [0.5, 0.6) is 0 Å². The lowest BCUT2D eigenvalue weighted by atomic mass is 10.2. The van der Waals surface area contributed by atoms with Crippen molar-refractivity contribution >= 4 is 5.91 Å². The highest BCUT2D eigenvalue weighted by molar-refractivity contribution is 5.93. The van der Waals surface area contributed by atoms with Crippen LogP contribution in [-0.2, 0) is 0 Å². The van der Waals surface area contributed by atoms with Crippen molar-refractivity contribution in [3.63, 3.8) is 0 Å². The number of amides is 1. The van der Waals surface area contributed by atoms with Gasteiger partial charge in [0.25, 0.3) is 5.91 Å². The molecule has 0 spiro atoms. The number of rotatable bonds is 4. The van der Waals surface area contributed by atoms with E-state index in [1.165, 1.54) is 0 Å². The number of carbonyl (C=O) groups excluding carboxylic acids is 1. The molecule has 0 aliphatic carbocycles. The highest BCUT2D eigenvalue weighted by Crippen LogP contribution is 2.01. The molecule has 0 aromatic heterocycles. The van der Waals surface area contributed by atoms with Gasteiger partial charge in [-0.05, 0) is 32.1 Å². The number of nitrogens with zero attached hydrogens (tertiary/aromatic N) is 1. The minimum absolute atomic E-state index is 0.0816. The van der Waals surface area contributed by atoms with Crippen molar-refractivity contribution < 1.29 is 4.79 Å². The van der Waals surface area contributed by atoms with E-state index in [1.54, 1.807) is 11.9 Å². The summed E-state index contributed by atoms with van der Waals surface area (Å²) in [4.78, 5) is 13.2. The van der Waals surface area contributed by atoms with Gasteiger partial charge in [0.05, 0.1) is 0 Å². The second-order valence-corrected chi connectivity index (χ2v) is 3.64. The van der Waals surface area contributed by atoms with Crippen LogP contribution in [0.1, 0.15) is 31.1 Å². The summed E-state index contributed by atoms with van der Waals surface area (Å²) in [6.07, 6.45) is 0. The lowest BCUT2D eigenvalue weighted by Crippen LogP contribution is -2.25. The van der Waals surface area contributed by atoms with Crippen molar-refractivity contribution in [3.05, 3.63) is 35.9 Å². The molecule has 0 saturated heterocycles. The van der Waals surface area contributed by atoms with Gasteiger partial charge >= 0.3 is 0 Å². The molecule has 0 bridgehead atoms. The highest BCUT2D eigenvalue weighted by atomic mass is 16.2. The van der Waals surface area contributed by atoms with E-state index < -0.39 is 0 Å². The summed E-state index contributed by atoms with van der Waals surface area (Å²) in [5.74, 6) is 0.0816. The Labute approximate surface area is 105 Å². The third kappa shape index (κ3) is 6.74. The largest absolute Gasteiger partial charge is 0.342 e. The van der Waals surface area contributed by atoms with Gasteiger partial charge in [-0.2, -0.15) is 0 Å². The molecule has 0 radical (unpaired) electrons. The summed E-state index contributed by atoms with van der Waals surface area (Å²) in [6.45, 7) is 9.09. The van der Waals surface area contributed by atoms with Crippen LogP contribution >= 0.6 is 0 Å². The zero-order chi connectivity index (χ0) is 13.1. The summed E-state index contributed by atoms with van der Waals surface area (Å²) in [7, 11) is 1.80. The number of hydrogen-bond acceptors (Lipinski definition) is 2. The zero-order valence-electron chi connectivity index (χ0n) is 11.4. The van der Waals surface area contributed by atoms with Gasteiger partial charge in [0, 0.05) is 19.2 Å². The fourth-order valence-electron chi connectivity index (χ4n) is 1.19. The van der Waals surface area contributed by atoms with Crippen LogP contribution in [0.15, 0.2) is 30.3 Å². The lowest BCUT2D eigenvalue weighted by Gasteiger charge is -2.13. The third-order valence-corrected chi connectivity index (χ3v) is 2.34. The topological polar surface area (TPSA) is 32.3 Å². The average Bonchev–Trinajstić information content (AvgIpc) is 2.39. The molecule has 0 atom stereocenters. The van der Waals surface area contributed by atoms with Crippen LogP contribution in [0.4, 0.5) is 0 Å². The first-order valence-electron chi connectivity index (χ1n) is 6.18. The number of carbonyl (C=O) groups is 1. The minimum atomic E-state index is 0.0816. The van der Waals surface area contributed by atoms with Gasteiger partial charge in [-0.15, -0.1) is 0 Å². The van der Waals surface area contributed by atoms with Gasteiger partial charge in [-0.1, -0.05) is 32.0 Å². The van der Waals surface area contributed by atoms with Gasteiger partial charge in [0.2, 0.25) is 0 Å². The van der Waals surface area contributed by atoms with E-state index in [9.17, 15) is 4.79 Å². The van der Waals surface area contributed by atoms with Crippen LogP contribution in [0, 0.1) is 0 Å². The fraction of sp³-hybridized carbons (Fsp3) is 0.500. The van der Waals surface area contributed by atoms with E-state index in [-0.39, 0.29) is 5.91 Å². The molecule has 1 aromatic rings. The van der Waals surface area contributed by atoms with Crippen LogP contribution in [-0.4, -0.2) is 37.5 Å². The normalized spacial score (nSPS) is 9.18. The Hall–Kier alpha value is -1.35. The lowest BCUT2D eigenvalue weighted by molar-refractivity contribution is 0.0802. The van der Waals surface area contributed by atoms with Gasteiger partial charge in [0.15, 0.2) is 0 Å². The van der Waals surface area contributed by atoms with Crippen molar-refractivity contribution in [2.45, 2.75) is 20.8 Å².